The summed E-state index contributed by atoms with van der Waals surface area (Å²) in [7, 11) is 0.664. The van der Waals surface area contributed by atoms with Crippen LogP contribution in [-0.2, 0) is 4.74 Å². The first-order valence-electron chi connectivity index (χ1n) is 6.01. The Kier molecular flexibility index (Phi) is 5.51. The summed E-state index contributed by atoms with van der Waals surface area (Å²) in [6, 6.07) is 3.63. The van der Waals surface area contributed by atoms with Crippen LogP contribution in [0.5, 0.6) is 5.75 Å². The lowest BCUT2D eigenvalue weighted by Crippen LogP contribution is -2.58. The molecule has 0 heterocycles. The molecule has 23 heavy (non-hydrogen) atoms. The smallest absolute Gasteiger partial charge is 0.377 e. The second-order valence-electron chi connectivity index (χ2n) is 4.52. The van der Waals surface area contributed by atoms with Gasteiger partial charge in [-0.1, -0.05) is 0 Å². The van der Waals surface area contributed by atoms with Crippen LogP contribution in [0.2, 0.25) is 0 Å². The molecule has 0 aliphatic heterocycles. The number of rotatable bonds is 8. The molecule has 1 aromatic carbocycles. The molecule has 0 saturated carbocycles. The van der Waals surface area contributed by atoms with Gasteiger partial charge in [-0.25, -0.2) is 0 Å². The average molecular weight is 345 g/mol. The Hall–Kier alpha value is -1.97. The molecule has 0 aliphatic carbocycles. The maximum Gasteiger partial charge on any atom is 0.377 e. The first-order chi connectivity index (χ1) is 10.4. The molecule has 4 nitrogen and oxygen atoms in total. The van der Waals surface area contributed by atoms with Gasteiger partial charge in [-0.3, -0.25) is 0 Å². The van der Waals surface area contributed by atoms with E-state index in [1.807, 2.05) is 0 Å². The molecule has 0 aliphatic rings. The first kappa shape index (κ1) is 19.1. The van der Waals surface area contributed by atoms with E-state index < -0.39 is 42.7 Å². The fourth-order valence-corrected chi connectivity index (χ4v) is 1.49. The summed E-state index contributed by atoms with van der Waals surface area (Å²) in [5, 5.41) is 10.5. The number of benzene rings is 1. The van der Waals surface area contributed by atoms with Crippen molar-refractivity contribution < 1.29 is 45.7 Å². The van der Waals surface area contributed by atoms with Crippen LogP contribution < -0.4 is 9.84 Å². The summed E-state index contributed by atoms with van der Waals surface area (Å²) in [5.74, 6) is -18.0. The summed E-state index contributed by atoms with van der Waals surface area (Å²) < 4.78 is 87.7. The maximum atomic E-state index is 13.4. The van der Waals surface area contributed by atoms with Gasteiger partial charge < -0.3 is 19.4 Å². The van der Waals surface area contributed by atoms with E-state index >= 15 is 0 Å². The SMILES string of the molecule is COCC(F)(F)C(F)(F)C(F)(F)COc1ccc(C(=O)[O-])cc1. The number of hydrogen-bond acceptors (Lipinski definition) is 4. The monoisotopic (exact) mass is 345 g/mol. The maximum absolute atomic E-state index is 13.4. The van der Waals surface area contributed by atoms with Gasteiger partial charge in [-0.2, -0.15) is 26.3 Å². The predicted octanol–water partition coefficient (Wildman–Crippen LogP) is 1.98. The van der Waals surface area contributed by atoms with E-state index in [1.165, 1.54) is 0 Å². The van der Waals surface area contributed by atoms with Gasteiger partial charge >= 0.3 is 17.8 Å². The van der Waals surface area contributed by atoms with E-state index in [4.69, 9.17) is 0 Å². The number of alkyl halides is 6. The van der Waals surface area contributed by atoms with Crippen LogP contribution in [0.3, 0.4) is 0 Å². The van der Waals surface area contributed by atoms with Crippen LogP contribution in [0.25, 0.3) is 0 Å². The zero-order valence-electron chi connectivity index (χ0n) is 11.6. The lowest BCUT2D eigenvalue weighted by Gasteiger charge is -2.32. The standard InChI is InChI=1S/C13H12F6O4/c1-22-6-11(14,15)13(18,19)12(16,17)7-23-9-4-2-8(3-5-9)10(20)21/h2-5H,6-7H2,1H3,(H,20,21)/p-1. The van der Waals surface area contributed by atoms with Crippen LogP contribution >= 0.6 is 0 Å². The van der Waals surface area contributed by atoms with Crippen molar-refractivity contribution >= 4 is 5.97 Å². The van der Waals surface area contributed by atoms with Crippen molar-refractivity contribution in [3.63, 3.8) is 0 Å². The van der Waals surface area contributed by atoms with E-state index in [0.29, 0.717) is 7.11 Å². The highest BCUT2D eigenvalue weighted by Crippen LogP contribution is 2.45. The Morgan fingerprint density at radius 3 is 1.91 bits per heavy atom. The molecule has 0 radical (unpaired) electrons. The Labute approximate surface area is 126 Å². The quantitative estimate of drug-likeness (QED) is 0.676. The molecule has 0 spiro atoms. The minimum Gasteiger partial charge on any atom is -0.545 e. The molecule has 0 bridgehead atoms. The summed E-state index contributed by atoms with van der Waals surface area (Å²) in [6.07, 6.45) is 0. The van der Waals surface area contributed by atoms with Gasteiger partial charge in [0.15, 0.2) is 6.61 Å². The van der Waals surface area contributed by atoms with Crippen molar-refractivity contribution in [3.05, 3.63) is 29.8 Å². The van der Waals surface area contributed by atoms with Crippen molar-refractivity contribution in [1.82, 2.24) is 0 Å². The third kappa shape index (κ3) is 4.06. The molecular formula is C13H11F6O4-. The van der Waals surface area contributed by atoms with Crippen LogP contribution in [-0.4, -0.2) is 44.1 Å². The summed E-state index contributed by atoms with van der Waals surface area (Å²) in [5.41, 5.74) is -0.305. The number of halogens is 6. The van der Waals surface area contributed by atoms with Gasteiger partial charge in [0.1, 0.15) is 12.4 Å². The lowest BCUT2D eigenvalue weighted by atomic mass is 10.1. The molecule has 1 rings (SSSR count). The topological polar surface area (TPSA) is 58.6 Å². The van der Waals surface area contributed by atoms with Crippen LogP contribution in [0.15, 0.2) is 24.3 Å². The average Bonchev–Trinajstić information content (AvgIpc) is 2.45. The molecule has 130 valence electrons. The van der Waals surface area contributed by atoms with Gasteiger partial charge in [-0.05, 0) is 29.8 Å². The second-order valence-corrected chi connectivity index (χ2v) is 4.52. The highest BCUT2D eigenvalue weighted by molar-refractivity contribution is 5.85. The van der Waals surface area contributed by atoms with Gasteiger partial charge in [0.05, 0.1) is 5.97 Å². The first-order valence-corrected chi connectivity index (χ1v) is 6.01. The number of carboxylic acid groups (broad SMARTS) is 1. The number of aromatic carboxylic acids is 1. The molecule has 10 heteroatoms. The fourth-order valence-electron chi connectivity index (χ4n) is 1.49. The Balaban J connectivity index is 2.83. The van der Waals surface area contributed by atoms with Crippen molar-refractivity contribution in [2.75, 3.05) is 20.3 Å². The number of methoxy groups -OCH3 is 1. The van der Waals surface area contributed by atoms with Gasteiger partial charge in [0.25, 0.3) is 0 Å². The minimum atomic E-state index is -5.71. The van der Waals surface area contributed by atoms with Crippen molar-refractivity contribution in [3.8, 4) is 5.75 Å². The molecular weight excluding hydrogens is 334 g/mol. The van der Waals surface area contributed by atoms with E-state index in [-0.39, 0.29) is 5.56 Å². The van der Waals surface area contributed by atoms with Crippen molar-refractivity contribution in [2.45, 2.75) is 17.8 Å². The van der Waals surface area contributed by atoms with Crippen LogP contribution in [0.4, 0.5) is 26.3 Å². The predicted molar refractivity (Wildman–Crippen MR) is 63.0 cm³/mol. The molecule has 0 aromatic heterocycles. The minimum absolute atomic E-state index is 0.305. The lowest BCUT2D eigenvalue weighted by molar-refractivity contribution is -0.323. The third-order valence-corrected chi connectivity index (χ3v) is 2.75. The molecule has 0 N–H and O–H groups in total. The van der Waals surface area contributed by atoms with E-state index in [0.717, 1.165) is 24.3 Å². The zero-order valence-corrected chi connectivity index (χ0v) is 11.6. The number of carbonyl (C=O) groups excluding carboxylic acids is 1. The van der Waals surface area contributed by atoms with Gasteiger partial charge in [0, 0.05) is 7.11 Å². The third-order valence-electron chi connectivity index (χ3n) is 2.75. The fraction of sp³-hybridized carbons (Fsp3) is 0.462. The van der Waals surface area contributed by atoms with Gasteiger partial charge in [0.2, 0.25) is 0 Å². The highest BCUT2D eigenvalue weighted by Gasteiger charge is 2.71. The van der Waals surface area contributed by atoms with Gasteiger partial charge in [-0.15, -0.1) is 0 Å². The number of ether oxygens (including phenoxy) is 2. The van der Waals surface area contributed by atoms with Crippen LogP contribution in [0, 0.1) is 0 Å². The van der Waals surface area contributed by atoms with Crippen molar-refractivity contribution in [1.29, 1.82) is 0 Å². The summed E-state index contributed by atoms with van der Waals surface area (Å²) in [6.45, 7) is -3.93. The highest BCUT2D eigenvalue weighted by atomic mass is 19.3. The number of carboxylic acids is 1. The Morgan fingerprint density at radius 2 is 1.48 bits per heavy atom. The molecule has 0 atom stereocenters. The summed E-state index contributed by atoms with van der Waals surface area (Å²) >= 11 is 0. The Bertz CT molecular complexity index is 544. The van der Waals surface area contributed by atoms with Crippen molar-refractivity contribution in [2.24, 2.45) is 0 Å². The van der Waals surface area contributed by atoms with Crippen LogP contribution in [0.1, 0.15) is 10.4 Å². The molecule has 1 aromatic rings. The Morgan fingerprint density at radius 1 is 1.00 bits per heavy atom. The number of carbonyl (C=O) groups is 1. The largest absolute Gasteiger partial charge is 0.545 e. The normalized spacial score (nSPS) is 13.0. The molecule has 0 fully saturated rings. The molecule has 0 unspecified atom stereocenters. The molecule has 0 amide bonds. The van der Waals surface area contributed by atoms with E-state index in [9.17, 15) is 36.2 Å². The van der Waals surface area contributed by atoms with E-state index in [2.05, 4.69) is 9.47 Å². The number of hydrogen-bond donors (Lipinski definition) is 0. The zero-order chi connectivity index (χ0) is 17.9. The summed E-state index contributed by atoms with van der Waals surface area (Å²) in [4.78, 5) is 10.5. The second kappa shape index (κ2) is 6.65. The van der Waals surface area contributed by atoms with E-state index in [1.54, 1.807) is 0 Å². The molecule has 0 saturated heterocycles.